The van der Waals surface area contributed by atoms with Crippen LogP contribution < -0.4 is 10.1 Å². The first-order valence-corrected chi connectivity index (χ1v) is 10.6. The number of sulfone groups is 1. The Morgan fingerprint density at radius 2 is 1.79 bits per heavy atom. The molecule has 0 aliphatic heterocycles. The number of rotatable bonds is 7. The van der Waals surface area contributed by atoms with E-state index in [0.717, 1.165) is 5.56 Å². The van der Waals surface area contributed by atoms with E-state index in [1.807, 2.05) is 19.1 Å². The van der Waals surface area contributed by atoms with E-state index in [2.05, 4.69) is 10.3 Å². The first-order valence-electron chi connectivity index (χ1n) is 9.05. The van der Waals surface area contributed by atoms with Crippen LogP contribution in [-0.4, -0.2) is 33.0 Å². The molecule has 1 heterocycles. The van der Waals surface area contributed by atoms with Crippen molar-refractivity contribution in [2.45, 2.75) is 17.1 Å². The monoisotopic (exact) mass is 410 g/mol. The topological polar surface area (TPSA) is 85.4 Å². The standard InChI is InChI=1S/C22H22N2O4S/c1-16-6-3-4-8-20(16)22(25)24-15-21(17-7-5-13-23-14-17)29(26,27)19-11-9-18(28-2)10-12-19/h3-14,21H,15H2,1-2H3,(H,24,25)/t21-/m0/s1. The molecule has 0 spiro atoms. The number of benzene rings is 2. The van der Waals surface area contributed by atoms with Gasteiger partial charge in [0.1, 0.15) is 11.0 Å². The predicted molar refractivity (Wildman–Crippen MR) is 111 cm³/mol. The van der Waals surface area contributed by atoms with Crippen molar-refractivity contribution < 1.29 is 17.9 Å². The molecule has 0 radical (unpaired) electrons. The van der Waals surface area contributed by atoms with Gasteiger partial charge in [-0.15, -0.1) is 0 Å². The highest BCUT2D eigenvalue weighted by atomic mass is 32.2. The van der Waals surface area contributed by atoms with Crippen molar-refractivity contribution in [2.75, 3.05) is 13.7 Å². The summed E-state index contributed by atoms with van der Waals surface area (Å²) >= 11 is 0. The molecule has 1 aromatic heterocycles. The van der Waals surface area contributed by atoms with Crippen LogP contribution in [0.1, 0.15) is 26.7 Å². The van der Waals surface area contributed by atoms with Crippen molar-refractivity contribution in [1.82, 2.24) is 10.3 Å². The third kappa shape index (κ3) is 4.63. The number of carbonyl (C=O) groups is 1. The van der Waals surface area contributed by atoms with Crippen LogP contribution in [0.5, 0.6) is 5.75 Å². The van der Waals surface area contributed by atoms with Gasteiger partial charge < -0.3 is 10.1 Å². The Kier molecular flexibility index (Phi) is 6.29. The smallest absolute Gasteiger partial charge is 0.251 e. The Morgan fingerprint density at radius 1 is 1.07 bits per heavy atom. The number of methoxy groups -OCH3 is 1. The lowest BCUT2D eigenvalue weighted by Gasteiger charge is -2.19. The first kappa shape index (κ1) is 20.5. The zero-order valence-corrected chi connectivity index (χ0v) is 17.0. The fraction of sp³-hybridized carbons (Fsp3) is 0.182. The Hall–Kier alpha value is -3.19. The maximum Gasteiger partial charge on any atom is 0.251 e. The molecule has 1 N–H and O–H groups in total. The van der Waals surface area contributed by atoms with E-state index in [1.165, 1.54) is 25.4 Å². The highest BCUT2D eigenvalue weighted by Gasteiger charge is 2.30. The van der Waals surface area contributed by atoms with E-state index in [-0.39, 0.29) is 17.3 Å². The lowest BCUT2D eigenvalue weighted by Crippen LogP contribution is -2.32. The summed E-state index contributed by atoms with van der Waals surface area (Å²) in [4.78, 5) is 16.8. The van der Waals surface area contributed by atoms with Gasteiger partial charge in [-0.25, -0.2) is 8.42 Å². The summed E-state index contributed by atoms with van der Waals surface area (Å²) in [6, 6.07) is 16.7. The highest BCUT2D eigenvalue weighted by Crippen LogP contribution is 2.29. The molecule has 6 nitrogen and oxygen atoms in total. The number of hydrogen-bond donors (Lipinski definition) is 1. The fourth-order valence-corrected chi connectivity index (χ4v) is 4.66. The minimum absolute atomic E-state index is 0.0762. The van der Waals surface area contributed by atoms with Gasteiger partial charge in [-0.05, 0) is 54.4 Å². The van der Waals surface area contributed by atoms with Crippen LogP contribution >= 0.6 is 0 Å². The summed E-state index contributed by atoms with van der Waals surface area (Å²) in [5.74, 6) is 0.247. The number of pyridine rings is 1. The minimum Gasteiger partial charge on any atom is -0.497 e. The summed E-state index contributed by atoms with van der Waals surface area (Å²) in [7, 11) is -2.26. The highest BCUT2D eigenvalue weighted by molar-refractivity contribution is 7.91. The number of nitrogens with one attached hydrogen (secondary N) is 1. The number of nitrogens with zero attached hydrogens (tertiary/aromatic N) is 1. The molecule has 1 atom stereocenters. The van der Waals surface area contributed by atoms with Crippen LogP contribution in [0.25, 0.3) is 0 Å². The Morgan fingerprint density at radius 3 is 2.41 bits per heavy atom. The van der Waals surface area contributed by atoms with Gasteiger partial charge in [0.25, 0.3) is 5.91 Å². The van der Waals surface area contributed by atoms with Crippen molar-refractivity contribution in [3.63, 3.8) is 0 Å². The van der Waals surface area contributed by atoms with Crippen molar-refractivity contribution in [3.05, 3.63) is 89.7 Å². The molecule has 3 rings (SSSR count). The largest absolute Gasteiger partial charge is 0.497 e. The quantitative estimate of drug-likeness (QED) is 0.646. The molecular weight excluding hydrogens is 388 g/mol. The van der Waals surface area contributed by atoms with Crippen LogP contribution in [0, 0.1) is 6.92 Å². The van der Waals surface area contributed by atoms with Crippen molar-refractivity contribution in [1.29, 1.82) is 0 Å². The number of ether oxygens (including phenoxy) is 1. The first-order chi connectivity index (χ1) is 13.9. The molecule has 0 bridgehead atoms. The molecule has 1 amide bonds. The second-order valence-electron chi connectivity index (χ2n) is 6.52. The second kappa shape index (κ2) is 8.87. The van der Waals surface area contributed by atoms with E-state index >= 15 is 0 Å². The summed E-state index contributed by atoms with van der Waals surface area (Å²) in [5.41, 5.74) is 1.84. The van der Waals surface area contributed by atoms with Gasteiger partial charge in [-0.2, -0.15) is 0 Å². The zero-order valence-electron chi connectivity index (χ0n) is 16.2. The van der Waals surface area contributed by atoms with E-state index in [9.17, 15) is 13.2 Å². The molecule has 0 aliphatic rings. The van der Waals surface area contributed by atoms with Crippen LogP contribution in [0.15, 0.2) is 78.0 Å². The number of carbonyl (C=O) groups excluding carboxylic acids is 1. The van der Waals surface area contributed by atoms with Gasteiger partial charge in [0, 0.05) is 24.5 Å². The van der Waals surface area contributed by atoms with E-state index in [4.69, 9.17) is 4.74 Å². The summed E-state index contributed by atoms with van der Waals surface area (Å²) in [5, 5.41) is 1.79. The van der Waals surface area contributed by atoms with Crippen LogP contribution in [-0.2, 0) is 9.84 Å². The molecule has 150 valence electrons. The average molecular weight is 410 g/mol. The summed E-state index contributed by atoms with van der Waals surface area (Å²) in [6.45, 7) is 1.76. The fourth-order valence-electron chi connectivity index (χ4n) is 3.01. The Bertz CT molecular complexity index is 1080. The van der Waals surface area contributed by atoms with Crippen LogP contribution in [0.2, 0.25) is 0 Å². The van der Waals surface area contributed by atoms with Gasteiger partial charge in [0.15, 0.2) is 9.84 Å². The third-order valence-electron chi connectivity index (χ3n) is 4.66. The molecule has 29 heavy (non-hydrogen) atoms. The number of aromatic nitrogens is 1. The van der Waals surface area contributed by atoms with E-state index in [1.54, 1.807) is 42.6 Å². The number of hydrogen-bond acceptors (Lipinski definition) is 5. The lowest BCUT2D eigenvalue weighted by molar-refractivity contribution is 0.0953. The van der Waals surface area contributed by atoms with Crippen molar-refractivity contribution in [3.8, 4) is 5.75 Å². The molecule has 2 aromatic carbocycles. The number of aryl methyl sites for hydroxylation is 1. The van der Waals surface area contributed by atoms with Crippen molar-refractivity contribution in [2.24, 2.45) is 0 Å². The molecular formula is C22H22N2O4S. The van der Waals surface area contributed by atoms with Gasteiger partial charge in [0.05, 0.1) is 12.0 Å². The Labute approximate surface area is 170 Å². The SMILES string of the molecule is COc1ccc(S(=O)(=O)[C@@H](CNC(=O)c2ccccc2C)c2cccnc2)cc1. The average Bonchev–Trinajstić information content (AvgIpc) is 2.74. The second-order valence-corrected chi connectivity index (χ2v) is 8.65. The number of amides is 1. The van der Waals surface area contributed by atoms with Gasteiger partial charge in [-0.1, -0.05) is 24.3 Å². The maximum absolute atomic E-state index is 13.3. The molecule has 0 unspecified atom stereocenters. The van der Waals surface area contributed by atoms with E-state index in [0.29, 0.717) is 16.9 Å². The van der Waals surface area contributed by atoms with Gasteiger partial charge >= 0.3 is 0 Å². The lowest BCUT2D eigenvalue weighted by atomic mass is 10.1. The molecule has 0 saturated heterocycles. The third-order valence-corrected chi connectivity index (χ3v) is 6.77. The minimum atomic E-state index is -3.78. The molecule has 7 heteroatoms. The molecule has 0 fully saturated rings. The van der Waals surface area contributed by atoms with Crippen molar-refractivity contribution >= 4 is 15.7 Å². The summed E-state index contributed by atoms with van der Waals surface area (Å²) < 4.78 is 31.8. The van der Waals surface area contributed by atoms with Gasteiger partial charge in [0.2, 0.25) is 0 Å². The zero-order chi connectivity index (χ0) is 20.9. The Balaban J connectivity index is 1.91. The van der Waals surface area contributed by atoms with Crippen LogP contribution in [0.3, 0.4) is 0 Å². The van der Waals surface area contributed by atoms with Gasteiger partial charge in [-0.3, -0.25) is 9.78 Å². The molecule has 0 saturated carbocycles. The van der Waals surface area contributed by atoms with Crippen LogP contribution in [0.4, 0.5) is 0 Å². The summed E-state index contributed by atoms with van der Waals surface area (Å²) in [6.07, 6.45) is 3.08. The predicted octanol–water partition coefficient (Wildman–Crippen LogP) is 3.34. The molecule has 0 aliphatic carbocycles. The normalized spacial score (nSPS) is 12.2. The molecule has 3 aromatic rings. The maximum atomic E-state index is 13.3. The van der Waals surface area contributed by atoms with E-state index < -0.39 is 15.1 Å².